The predicted molar refractivity (Wildman–Crippen MR) is 88.0 cm³/mol. The van der Waals surface area contributed by atoms with Gasteiger partial charge in [-0.3, -0.25) is 10.0 Å². The van der Waals surface area contributed by atoms with Gasteiger partial charge in [0.2, 0.25) is 16.4 Å². The summed E-state index contributed by atoms with van der Waals surface area (Å²) in [6.45, 7) is 3.31. The second-order valence-electron chi connectivity index (χ2n) is 6.85. The van der Waals surface area contributed by atoms with Crippen LogP contribution in [0.4, 0.5) is 0 Å². The monoisotopic (exact) mass is 370 g/mol. The highest BCUT2D eigenvalue weighted by atomic mass is 32.2. The van der Waals surface area contributed by atoms with Gasteiger partial charge in [0.25, 0.3) is 0 Å². The molecule has 0 saturated carbocycles. The SMILES string of the molecule is CC(C)(CN(O)C=O)S(=O)(=O)N1Cc2ccccc2C1[C@H]1COCO1. The quantitative estimate of drug-likeness (QED) is 0.453. The van der Waals surface area contributed by atoms with Crippen LogP contribution >= 0.6 is 0 Å². The highest BCUT2D eigenvalue weighted by Gasteiger charge is 2.50. The van der Waals surface area contributed by atoms with Crippen molar-refractivity contribution in [2.75, 3.05) is 19.9 Å². The Bertz CT molecular complexity index is 745. The number of benzene rings is 1. The number of nitrogens with zero attached hydrogens (tertiary/aromatic N) is 2. The second-order valence-corrected chi connectivity index (χ2v) is 9.37. The van der Waals surface area contributed by atoms with E-state index in [9.17, 15) is 18.4 Å². The molecule has 0 aromatic heterocycles. The largest absolute Gasteiger partial charge is 0.353 e. The van der Waals surface area contributed by atoms with Crippen LogP contribution < -0.4 is 0 Å². The molecule has 0 spiro atoms. The van der Waals surface area contributed by atoms with Gasteiger partial charge in [0, 0.05) is 6.54 Å². The van der Waals surface area contributed by atoms with Crippen LogP contribution in [-0.2, 0) is 30.8 Å². The number of ether oxygens (including phenoxy) is 2. The van der Waals surface area contributed by atoms with Gasteiger partial charge in [-0.05, 0) is 25.0 Å². The first-order valence-corrected chi connectivity index (χ1v) is 9.41. The minimum atomic E-state index is -3.86. The summed E-state index contributed by atoms with van der Waals surface area (Å²) in [5.41, 5.74) is 1.81. The minimum Gasteiger partial charge on any atom is -0.353 e. The van der Waals surface area contributed by atoms with E-state index in [1.807, 2.05) is 24.3 Å². The molecule has 138 valence electrons. The molecule has 1 fully saturated rings. The van der Waals surface area contributed by atoms with Gasteiger partial charge in [-0.2, -0.15) is 4.31 Å². The summed E-state index contributed by atoms with van der Waals surface area (Å²) in [6, 6.07) is 7.03. The Hall–Kier alpha value is -1.52. The lowest BCUT2D eigenvalue weighted by molar-refractivity contribution is -0.150. The Balaban J connectivity index is 1.98. The van der Waals surface area contributed by atoms with E-state index in [0.29, 0.717) is 11.7 Å². The number of hydrogen-bond acceptors (Lipinski definition) is 6. The Morgan fingerprint density at radius 3 is 2.76 bits per heavy atom. The summed E-state index contributed by atoms with van der Waals surface area (Å²) < 4.78 is 37.5. The number of hydroxylamine groups is 2. The van der Waals surface area contributed by atoms with E-state index in [1.54, 1.807) is 0 Å². The lowest BCUT2D eigenvalue weighted by atomic mass is 10.0. The topological polar surface area (TPSA) is 96.4 Å². The van der Waals surface area contributed by atoms with Crippen LogP contribution in [0.3, 0.4) is 0 Å². The molecular formula is C16H22N2O6S. The molecule has 2 heterocycles. The molecule has 0 aliphatic carbocycles. The number of carbonyl (C=O) groups excluding carboxylic acids is 1. The Morgan fingerprint density at radius 1 is 1.40 bits per heavy atom. The molecule has 1 N–H and O–H groups in total. The van der Waals surface area contributed by atoms with E-state index in [-0.39, 0.29) is 26.3 Å². The molecule has 2 atom stereocenters. The van der Waals surface area contributed by atoms with Crippen LogP contribution in [0, 0.1) is 0 Å². The van der Waals surface area contributed by atoms with Crippen molar-refractivity contribution in [3.05, 3.63) is 35.4 Å². The fourth-order valence-corrected chi connectivity index (χ4v) is 5.15. The van der Waals surface area contributed by atoms with Crippen LogP contribution in [0.15, 0.2) is 24.3 Å². The van der Waals surface area contributed by atoms with Crippen LogP contribution in [0.25, 0.3) is 0 Å². The fourth-order valence-electron chi connectivity index (χ4n) is 3.36. The third-order valence-electron chi connectivity index (χ3n) is 4.68. The van der Waals surface area contributed by atoms with Gasteiger partial charge in [-0.15, -0.1) is 0 Å². The van der Waals surface area contributed by atoms with Crippen molar-refractivity contribution in [2.45, 2.75) is 37.3 Å². The summed E-state index contributed by atoms with van der Waals surface area (Å²) in [5, 5.41) is 9.84. The Labute approximate surface area is 146 Å². The smallest absolute Gasteiger partial charge is 0.233 e. The van der Waals surface area contributed by atoms with Crippen molar-refractivity contribution >= 4 is 16.4 Å². The molecule has 1 unspecified atom stereocenters. The zero-order valence-electron chi connectivity index (χ0n) is 14.2. The van der Waals surface area contributed by atoms with Gasteiger partial charge in [0.15, 0.2) is 0 Å². The average Bonchev–Trinajstić information content (AvgIpc) is 3.21. The predicted octanol–water partition coefficient (Wildman–Crippen LogP) is 0.872. The molecular weight excluding hydrogens is 348 g/mol. The molecule has 9 heteroatoms. The number of fused-ring (bicyclic) bond motifs is 1. The average molecular weight is 370 g/mol. The third kappa shape index (κ3) is 3.18. The van der Waals surface area contributed by atoms with Gasteiger partial charge >= 0.3 is 0 Å². The van der Waals surface area contributed by atoms with Crippen molar-refractivity contribution in [1.82, 2.24) is 9.37 Å². The highest BCUT2D eigenvalue weighted by molar-refractivity contribution is 7.90. The summed E-state index contributed by atoms with van der Waals surface area (Å²) in [7, 11) is -3.86. The lowest BCUT2D eigenvalue weighted by Gasteiger charge is -2.35. The van der Waals surface area contributed by atoms with E-state index in [2.05, 4.69) is 0 Å². The highest BCUT2D eigenvalue weighted by Crippen LogP contribution is 2.42. The molecule has 0 bridgehead atoms. The van der Waals surface area contributed by atoms with Crippen LogP contribution in [0.1, 0.15) is 31.0 Å². The molecule has 1 aromatic rings. The summed E-state index contributed by atoms with van der Waals surface area (Å²) in [6.07, 6.45) is -0.202. The van der Waals surface area contributed by atoms with Crippen LogP contribution in [0.5, 0.6) is 0 Å². The molecule has 1 aromatic carbocycles. The zero-order valence-corrected chi connectivity index (χ0v) is 15.0. The first kappa shape index (κ1) is 18.3. The number of amides is 1. The molecule has 0 radical (unpaired) electrons. The molecule has 1 saturated heterocycles. The maximum Gasteiger partial charge on any atom is 0.233 e. The maximum absolute atomic E-state index is 13.3. The molecule has 1 amide bonds. The molecule has 2 aliphatic rings. The van der Waals surface area contributed by atoms with Crippen molar-refractivity contribution < 1.29 is 27.9 Å². The van der Waals surface area contributed by atoms with E-state index in [4.69, 9.17) is 9.47 Å². The van der Waals surface area contributed by atoms with Crippen LogP contribution in [0.2, 0.25) is 0 Å². The lowest BCUT2D eigenvalue weighted by Crippen LogP contribution is -2.51. The molecule has 2 aliphatic heterocycles. The van der Waals surface area contributed by atoms with E-state index in [1.165, 1.54) is 18.2 Å². The van der Waals surface area contributed by atoms with E-state index < -0.39 is 26.9 Å². The summed E-state index contributed by atoms with van der Waals surface area (Å²) >= 11 is 0. The first-order chi connectivity index (χ1) is 11.8. The number of carbonyl (C=O) groups is 1. The summed E-state index contributed by atoms with van der Waals surface area (Å²) in [5.74, 6) is 0. The van der Waals surface area contributed by atoms with E-state index >= 15 is 0 Å². The van der Waals surface area contributed by atoms with Gasteiger partial charge < -0.3 is 9.47 Å². The van der Waals surface area contributed by atoms with Crippen molar-refractivity contribution in [1.29, 1.82) is 0 Å². The standard InChI is InChI=1S/C16H22N2O6S/c1-16(2,9-17(20)10-19)25(21,22)18-7-12-5-3-4-6-13(12)15(18)14-8-23-11-24-14/h3-6,10,14-15,20H,7-9,11H2,1-2H3/t14-,15?/m1/s1. The number of rotatable bonds is 6. The number of hydrogen-bond donors (Lipinski definition) is 1. The maximum atomic E-state index is 13.3. The third-order valence-corrected chi connectivity index (χ3v) is 7.18. The van der Waals surface area contributed by atoms with Gasteiger partial charge in [-0.25, -0.2) is 13.5 Å². The molecule has 3 rings (SSSR count). The van der Waals surface area contributed by atoms with Gasteiger partial charge in [0.1, 0.15) is 17.6 Å². The fraction of sp³-hybridized carbons (Fsp3) is 0.562. The molecule has 25 heavy (non-hydrogen) atoms. The van der Waals surface area contributed by atoms with Crippen molar-refractivity contribution in [3.8, 4) is 0 Å². The molecule has 8 nitrogen and oxygen atoms in total. The summed E-state index contributed by atoms with van der Waals surface area (Å²) in [4.78, 5) is 10.7. The van der Waals surface area contributed by atoms with Gasteiger partial charge in [-0.1, -0.05) is 24.3 Å². The zero-order chi connectivity index (χ0) is 18.2. The van der Waals surface area contributed by atoms with Gasteiger partial charge in [0.05, 0.1) is 19.2 Å². The minimum absolute atomic E-state index is 0.135. The van der Waals surface area contributed by atoms with Crippen molar-refractivity contribution in [3.63, 3.8) is 0 Å². The Kier molecular flexibility index (Phi) is 4.86. The van der Waals surface area contributed by atoms with Crippen LogP contribution in [-0.4, -0.2) is 60.2 Å². The number of sulfonamides is 1. The normalized spacial score (nSPS) is 24.3. The Morgan fingerprint density at radius 2 is 2.12 bits per heavy atom. The van der Waals surface area contributed by atoms with Crippen molar-refractivity contribution in [2.24, 2.45) is 0 Å². The first-order valence-electron chi connectivity index (χ1n) is 7.97. The second kappa shape index (κ2) is 6.65. The van der Waals surface area contributed by atoms with E-state index in [0.717, 1.165) is 11.1 Å².